The third-order valence-corrected chi connectivity index (χ3v) is 3.59. The van der Waals surface area contributed by atoms with E-state index in [9.17, 15) is 0 Å². The first-order valence-electron chi connectivity index (χ1n) is 7.30. The van der Waals surface area contributed by atoms with Crippen LogP contribution in [0.3, 0.4) is 0 Å². The second kappa shape index (κ2) is 8.77. The van der Waals surface area contributed by atoms with Gasteiger partial charge in [0.05, 0.1) is 12.2 Å². The summed E-state index contributed by atoms with van der Waals surface area (Å²) in [5, 5.41) is 7.38. The minimum atomic E-state index is 0. The fraction of sp³-hybridized carbons (Fsp3) is 0.375. The van der Waals surface area contributed by atoms with Gasteiger partial charge in [0.15, 0.2) is 5.96 Å². The Morgan fingerprint density at radius 3 is 2.36 bits per heavy atom. The van der Waals surface area contributed by atoms with E-state index in [1.54, 1.807) is 10.9 Å². The summed E-state index contributed by atoms with van der Waals surface area (Å²) in [6.07, 6.45) is 3.69. The van der Waals surface area contributed by atoms with Crippen molar-refractivity contribution in [2.24, 2.45) is 17.8 Å². The lowest BCUT2D eigenvalue weighted by Gasteiger charge is -2.14. The normalized spacial score (nSPS) is 11.1. The van der Waals surface area contributed by atoms with Gasteiger partial charge in [0.2, 0.25) is 0 Å². The van der Waals surface area contributed by atoms with Crippen molar-refractivity contribution in [2.45, 2.75) is 33.2 Å². The molecule has 0 aliphatic rings. The van der Waals surface area contributed by atoms with Crippen LogP contribution in [-0.2, 0) is 26.4 Å². The molecule has 0 unspecified atom stereocenters. The zero-order valence-electron chi connectivity index (χ0n) is 13.3. The number of nitrogens with two attached hydrogens (primary N) is 1. The van der Waals surface area contributed by atoms with Crippen LogP contribution in [0.5, 0.6) is 0 Å². The highest BCUT2D eigenvalue weighted by Gasteiger charge is 2.07. The van der Waals surface area contributed by atoms with E-state index in [0.717, 1.165) is 24.2 Å². The number of benzene rings is 1. The van der Waals surface area contributed by atoms with Gasteiger partial charge < -0.3 is 11.1 Å². The standard InChI is InChI=1S/C16H23N5.HI/c1-4-12-7-6-8-13(5-2)15(12)20-16(17)18-11-14-9-10-19-21(14)3;/h6-10H,4-5,11H2,1-3H3,(H3,17,18,20);1H. The van der Waals surface area contributed by atoms with E-state index in [0.29, 0.717) is 12.5 Å². The van der Waals surface area contributed by atoms with Gasteiger partial charge in [-0.1, -0.05) is 32.0 Å². The number of aryl methyl sites for hydroxylation is 3. The number of hydrogen-bond donors (Lipinski definition) is 2. The molecule has 0 spiro atoms. The average molecular weight is 413 g/mol. The quantitative estimate of drug-likeness (QED) is 0.450. The Hall–Kier alpha value is -1.57. The largest absolute Gasteiger partial charge is 0.370 e. The highest BCUT2D eigenvalue weighted by molar-refractivity contribution is 14.0. The Bertz CT molecular complexity index is 611. The summed E-state index contributed by atoms with van der Waals surface area (Å²) >= 11 is 0. The molecule has 3 N–H and O–H groups in total. The van der Waals surface area contributed by atoms with E-state index in [1.807, 2.05) is 13.1 Å². The monoisotopic (exact) mass is 413 g/mol. The highest BCUT2D eigenvalue weighted by Crippen LogP contribution is 2.22. The number of guanidine groups is 1. The molecule has 1 aromatic carbocycles. The molecule has 0 aliphatic carbocycles. The second-order valence-corrected chi connectivity index (χ2v) is 4.93. The number of nitrogens with one attached hydrogen (secondary N) is 1. The Labute approximate surface area is 149 Å². The molecule has 1 aromatic heterocycles. The van der Waals surface area contributed by atoms with Gasteiger partial charge >= 0.3 is 0 Å². The molecule has 6 heteroatoms. The number of aromatic nitrogens is 2. The number of aliphatic imine (C=N–C) groups is 1. The molecule has 2 rings (SSSR count). The molecule has 22 heavy (non-hydrogen) atoms. The van der Waals surface area contributed by atoms with Crippen LogP contribution in [-0.4, -0.2) is 15.7 Å². The van der Waals surface area contributed by atoms with Crippen molar-refractivity contribution in [3.05, 3.63) is 47.3 Å². The summed E-state index contributed by atoms with van der Waals surface area (Å²) in [5.74, 6) is 0.437. The van der Waals surface area contributed by atoms with Crippen molar-refractivity contribution in [2.75, 3.05) is 5.32 Å². The summed E-state index contributed by atoms with van der Waals surface area (Å²) in [6.45, 7) is 4.80. The molecule has 0 amide bonds. The van der Waals surface area contributed by atoms with E-state index in [-0.39, 0.29) is 24.0 Å². The Balaban J connectivity index is 0.00000242. The number of anilines is 1. The summed E-state index contributed by atoms with van der Waals surface area (Å²) < 4.78 is 1.80. The van der Waals surface area contributed by atoms with Crippen molar-refractivity contribution in [1.29, 1.82) is 0 Å². The van der Waals surface area contributed by atoms with Crippen molar-refractivity contribution in [3.63, 3.8) is 0 Å². The third-order valence-electron chi connectivity index (χ3n) is 3.59. The Morgan fingerprint density at radius 1 is 1.23 bits per heavy atom. The average Bonchev–Trinajstić information content (AvgIpc) is 2.90. The van der Waals surface area contributed by atoms with E-state index in [2.05, 4.69) is 47.5 Å². The molecule has 1 heterocycles. The first-order valence-corrected chi connectivity index (χ1v) is 7.30. The molecule has 0 saturated heterocycles. The second-order valence-electron chi connectivity index (χ2n) is 4.93. The summed E-state index contributed by atoms with van der Waals surface area (Å²) in [6, 6.07) is 8.27. The van der Waals surface area contributed by atoms with Gasteiger partial charge in [0.25, 0.3) is 0 Å². The van der Waals surface area contributed by atoms with Crippen molar-refractivity contribution in [1.82, 2.24) is 9.78 Å². The summed E-state index contributed by atoms with van der Waals surface area (Å²) in [4.78, 5) is 4.40. The van der Waals surface area contributed by atoms with Crippen molar-refractivity contribution < 1.29 is 0 Å². The molecule has 5 nitrogen and oxygen atoms in total. The van der Waals surface area contributed by atoms with Gasteiger partial charge in [-0.05, 0) is 30.0 Å². The van der Waals surface area contributed by atoms with Gasteiger partial charge in [0.1, 0.15) is 0 Å². The predicted octanol–water partition coefficient (Wildman–Crippen LogP) is 3.09. The summed E-state index contributed by atoms with van der Waals surface area (Å²) in [7, 11) is 1.90. The van der Waals surface area contributed by atoms with Crippen LogP contribution in [0.4, 0.5) is 5.69 Å². The van der Waals surface area contributed by atoms with Crippen LogP contribution >= 0.6 is 24.0 Å². The molecule has 2 aromatic rings. The highest BCUT2D eigenvalue weighted by atomic mass is 127. The zero-order chi connectivity index (χ0) is 15.2. The Morgan fingerprint density at radius 2 is 1.86 bits per heavy atom. The Kier molecular flexibility index (Phi) is 7.37. The fourth-order valence-electron chi connectivity index (χ4n) is 2.29. The molecule has 0 saturated carbocycles. The lowest BCUT2D eigenvalue weighted by molar-refractivity contribution is 0.712. The van der Waals surface area contributed by atoms with E-state index in [4.69, 9.17) is 5.73 Å². The minimum Gasteiger partial charge on any atom is -0.370 e. The first-order chi connectivity index (χ1) is 10.2. The topological polar surface area (TPSA) is 68.2 Å². The lowest BCUT2D eigenvalue weighted by Crippen LogP contribution is -2.24. The molecular weight excluding hydrogens is 389 g/mol. The molecule has 120 valence electrons. The van der Waals surface area contributed by atoms with E-state index >= 15 is 0 Å². The van der Waals surface area contributed by atoms with Crippen molar-refractivity contribution in [3.8, 4) is 0 Å². The maximum atomic E-state index is 6.03. The fourth-order valence-corrected chi connectivity index (χ4v) is 2.29. The SMILES string of the molecule is CCc1cccc(CC)c1NC(N)=NCc1ccnn1C.I. The minimum absolute atomic E-state index is 0. The molecule has 0 atom stereocenters. The van der Waals surface area contributed by atoms with Gasteiger partial charge in [-0.2, -0.15) is 5.10 Å². The summed E-state index contributed by atoms with van der Waals surface area (Å²) in [5.41, 5.74) is 10.7. The molecule has 0 fully saturated rings. The number of halogens is 1. The molecule has 0 bridgehead atoms. The van der Waals surface area contributed by atoms with Crippen LogP contribution in [0.1, 0.15) is 30.7 Å². The van der Waals surface area contributed by atoms with Crippen LogP contribution in [0.25, 0.3) is 0 Å². The molecular formula is C16H24IN5. The van der Waals surface area contributed by atoms with Gasteiger partial charge in [0, 0.05) is 18.9 Å². The smallest absolute Gasteiger partial charge is 0.193 e. The maximum Gasteiger partial charge on any atom is 0.193 e. The van der Waals surface area contributed by atoms with Gasteiger partial charge in [-0.15, -0.1) is 24.0 Å². The number of para-hydroxylation sites is 1. The van der Waals surface area contributed by atoms with E-state index in [1.165, 1.54) is 11.1 Å². The third kappa shape index (κ3) is 4.46. The van der Waals surface area contributed by atoms with Gasteiger partial charge in [-0.25, -0.2) is 4.99 Å². The van der Waals surface area contributed by atoms with Crippen LogP contribution < -0.4 is 11.1 Å². The number of hydrogen-bond acceptors (Lipinski definition) is 2. The lowest BCUT2D eigenvalue weighted by atomic mass is 10.0. The predicted molar refractivity (Wildman–Crippen MR) is 103 cm³/mol. The molecule has 0 aliphatic heterocycles. The van der Waals surface area contributed by atoms with Crippen LogP contribution in [0.2, 0.25) is 0 Å². The number of nitrogens with zero attached hydrogens (tertiary/aromatic N) is 3. The first kappa shape index (κ1) is 18.5. The van der Waals surface area contributed by atoms with Crippen LogP contribution in [0, 0.1) is 0 Å². The van der Waals surface area contributed by atoms with E-state index < -0.39 is 0 Å². The maximum absolute atomic E-state index is 6.03. The molecule has 0 radical (unpaired) electrons. The van der Waals surface area contributed by atoms with Crippen LogP contribution in [0.15, 0.2) is 35.5 Å². The number of rotatable bonds is 5. The zero-order valence-corrected chi connectivity index (χ0v) is 15.7. The van der Waals surface area contributed by atoms with Crippen molar-refractivity contribution >= 4 is 35.6 Å². The van der Waals surface area contributed by atoms with Gasteiger partial charge in [-0.3, -0.25) is 4.68 Å².